The fourth-order valence-electron chi connectivity index (χ4n) is 3.81. The number of amides is 2. The summed E-state index contributed by atoms with van der Waals surface area (Å²) in [5.74, 6) is -1.52. The van der Waals surface area contributed by atoms with Crippen molar-refractivity contribution in [2.24, 2.45) is 0 Å². The van der Waals surface area contributed by atoms with Gasteiger partial charge in [0.25, 0.3) is 0 Å². The molecule has 0 spiro atoms. The maximum Gasteiger partial charge on any atom is 0.313 e. The van der Waals surface area contributed by atoms with Gasteiger partial charge in [-0.05, 0) is 42.0 Å². The molecule has 8 heteroatoms. The Hall–Kier alpha value is -3.23. The van der Waals surface area contributed by atoms with Crippen LogP contribution in [0.3, 0.4) is 0 Å². The van der Waals surface area contributed by atoms with E-state index in [0.717, 1.165) is 30.0 Å². The lowest BCUT2D eigenvalue weighted by atomic mass is 10.1. The molecule has 0 unspecified atom stereocenters. The molecule has 3 aromatic rings. The van der Waals surface area contributed by atoms with Crippen LogP contribution in [0.4, 0.5) is 5.69 Å². The van der Waals surface area contributed by atoms with E-state index in [9.17, 15) is 18.0 Å². The normalized spacial score (nSPS) is 14.8. The smallest absolute Gasteiger partial charge is 0.313 e. The Morgan fingerprint density at radius 2 is 1.50 bits per heavy atom. The van der Waals surface area contributed by atoms with Gasteiger partial charge in [-0.2, -0.15) is 4.31 Å². The number of sulfonamides is 1. The number of hydrogen-bond donors (Lipinski definition) is 2. The third-order valence-electron chi connectivity index (χ3n) is 5.57. The van der Waals surface area contributed by atoms with Crippen LogP contribution >= 0.6 is 0 Å². The second kappa shape index (κ2) is 9.50. The van der Waals surface area contributed by atoms with E-state index in [1.807, 2.05) is 36.4 Å². The zero-order valence-corrected chi connectivity index (χ0v) is 18.4. The van der Waals surface area contributed by atoms with Gasteiger partial charge in [-0.25, -0.2) is 8.42 Å². The molecule has 0 aliphatic carbocycles. The molecule has 4 rings (SSSR count). The number of benzene rings is 3. The Morgan fingerprint density at radius 1 is 0.812 bits per heavy atom. The van der Waals surface area contributed by atoms with Crippen molar-refractivity contribution >= 4 is 38.3 Å². The molecule has 1 saturated heterocycles. The fourth-order valence-corrected chi connectivity index (χ4v) is 5.33. The third-order valence-corrected chi connectivity index (χ3v) is 7.49. The maximum absolute atomic E-state index is 12.7. The lowest BCUT2D eigenvalue weighted by Crippen LogP contribution is -2.35. The first-order valence-electron chi connectivity index (χ1n) is 10.6. The summed E-state index contributed by atoms with van der Waals surface area (Å²) in [6, 6.07) is 19.5. The van der Waals surface area contributed by atoms with E-state index in [0.29, 0.717) is 24.3 Å². The molecule has 166 valence electrons. The predicted molar refractivity (Wildman–Crippen MR) is 123 cm³/mol. The molecule has 7 nitrogen and oxygen atoms in total. The molecule has 3 aromatic carbocycles. The largest absolute Gasteiger partial charge is 0.344 e. The summed E-state index contributed by atoms with van der Waals surface area (Å²) in [5, 5.41) is 7.04. The van der Waals surface area contributed by atoms with Gasteiger partial charge in [0.1, 0.15) is 0 Å². The summed E-state index contributed by atoms with van der Waals surface area (Å²) in [7, 11) is -3.49. The summed E-state index contributed by atoms with van der Waals surface area (Å²) in [6.07, 6.45) is 2.81. The van der Waals surface area contributed by atoms with Gasteiger partial charge in [-0.15, -0.1) is 0 Å². The van der Waals surface area contributed by atoms with E-state index in [-0.39, 0.29) is 11.4 Å². The summed E-state index contributed by atoms with van der Waals surface area (Å²) in [5.41, 5.74) is 1.27. The topological polar surface area (TPSA) is 95.6 Å². The molecule has 0 radical (unpaired) electrons. The van der Waals surface area contributed by atoms with Crippen molar-refractivity contribution in [3.8, 4) is 0 Å². The van der Waals surface area contributed by atoms with E-state index in [1.54, 1.807) is 30.3 Å². The fraction of sp³-hybridized carbons (Fsp3) is 0.250. The number of carbonyl (C=O) groups is 2. The number of hydrogen-bond acceptors (Lipinski definition) is 4. The minimum absolute atomic E-state index is 0.117. The Morgan fingerprint density at radius 3 is 2.25 bits per heavy atom. The van der Waals surface area contributed by atoms with Crippen LogP contribution in [0.1, 0.15) is 24.8 Å². The van der Waals surface area contributed by atoms with Crippen molar-refractivity contribution in [1.29, 1.82) is 0 Å². The van der Waals surface area contributed by atoms with Gasteiger partial charge in [0, 0.05) is 30.7 Å². The average Bonchev–Trinajstić information content (AvgIpc) is 2.83. The predicted octanol–water partition coefficient (Wildman–Crippen LogP) is 3.27. The number of nitrogens with one attached hydrogen (secondary N) is 2. The molecule has 1 fully saturated rings. The third kappa shape index (κ3) is 4.81. The lowest BCUT2D eigenvalue weighted by molar-refractivity contribution is -0.136. The van der Waals surface area contributed by atoms with Gasteiger partial charge in [-0.1, -0.05) is 55.0 Å². The summed E-state index contributed by atoms with van der Waals surface area (Å²) < 4.78 is 27.0. The molecule has 0 bridgehead atoms. The van der Waals surface area contributed by atoms with E-state index < -0.39 is 21.8 Å². The van der Waals surface area contributed by atoms with Gasteiger partial charge >= 0.3 is 11.8 Å². The number of piperidine rings is 1. The van der Waals surface area contributed by atoms with E-state index >= 15 is 0 Å². The molecular formula is C24H25N3O4S. The van der Waals surface area contributed by atoms with Gasteiger partial charge < -0.3 is 10.6 Å². The van der Waals surface area contributed by atoms with E-state index in [1.165, 1.54) is 4.31 Å². The zero-order valence-electron chi connectivity index (χ0n) is 17.6. The number of fused-ring (bicyclic) bond motifs is 1. The molecule has 0 atom stereocenters. The Bertz CT molecular complexity index is 1230. The highest BCUT2D eigenvalue weighted by Crippen LogP contribution is 2.23. The van der Waals surface area contributed by atoms with E-state index in [2.05, 4.69) is 10.6 Å². The quantitative estimate of drug-likeness (QED) is 0.582. The minimum Gasteiger partial charge on any atom is -0.344 e. The Labute approximate surface area is 187 Å². The van der Waals surface area contributed by atoms with Gasteiger partial charge in [0.05, 0.1) is 4.90 Å². The Kier molecular flexibility index (Phi) is 6.53. The monoisotopic (exact) mass is 451 g/mol. The zero-order chi connectivity index (χ0) is 22.6. The number of carbonyl (C=O) groups excluding carboxylic acids is 2. The maximum atomic E-state index is 12.7. The molecule has 1 aliphatic rings. The van der Waals surface area contributed by atoms with Crippen LogP contribution in [0, 0.1) is 0 Å². The van der Waals surface area contributed by atoms with Crippen LogP contribution < -0.4 is 10.6 Å². The first-order valence-corrected chi connectivity index (χ1v) is 12.1. The van der Waals surface area contributed by atoms with Crippen LogP contribution in [0.15, 0.2) is 71.6 Å². The SMILES string of the molecule is O=C(NCc1ccc(S(=O)(=O)N2CCCCC2)cc1)C(=O)Nc1cccc2ccccc12. The molecule has 1 heterocycles. The molecule has 32 heavy (non-hydrogen) atoms. The van der Waals surface area contributed by atoms with Crippen molar-refractivity contribution in [3.05, 3.63) is 72.3 Å². The van der Waals surface area contributed by atoms with Crippen molar-refractivity contribution in [2.45, 2.75) is 30.7 Å². The number of nitrogens with zero attached hydrogens (tertiary/aromatic N) is 1. The second-order valence-electron chi connectivity index (χ2n) is 7.77. The highest BCUT2D eigenvalue weighted by atomic mass is 32.2. The standard InChI is InChI=1S/C24H25N3O4S/c28-23(24(29)26-22-10-6-8-19-7-2-3-9-21(19)22)25-17-18-11-13-20(14-12-18)32(30,31)27-15-4-1-5-16-27/h2-3,6-14H,1,4-5,15-17H2,(H,25,28)(H,26,29). The van der Waals surface area contributed by atoms with Crippen LogP contribution in [0.25, 0.3) is 10.8 Å². The minimum atomic E-state index is -3.49. The Balaban J connectivity index is 1.36. The molecular weight excluding hydrogens is 426 g/mol. The number of anilines is 1. The molecule has 0 saturated carbocycles. The van der Waals surface area contributed by atoms with Crippen LogP contribution in [-0.2, 0) is 26.2 Å². The second-order valence-corrected chi connectivity index (χ2v) is 9.71. The van der Waals surface area contributed by atoms with Crippen LogP contribution in [0.2, 0.25) is 0 Å². The van der Waals surface area contributed by atoms with Crippen molar-refractivity contribution in [3.63, 3.8) is 0 Å². The molecule has 1 aliphatic heterocycles. The molecule has 0 aromatic heterocycles. The van der Waals surface area contributed by atoms with Crippen molar-refractivity contribution in [1.82, 2.24) is 9.62 Å². The first-order chi connectivity index (χ1) is 15.4. The van der Waals surface area contributed by atoms with Crippen molar-refractivity contribution < 1.29 is 18.0 Å². The highest BCUT2D eigenvalue weighted by molar-refractivity contribution is 7.89. The lowest BCUT2D eigenvalue weighted by Gasteiger charge is -2.25. The van der Waals surface area contributed by atoms with Crippen molar-refractivity contribution in [2.75, 3.05) is 18.4 Å². The summed E-state index contributed by atoms with van der Waals surface area (Å²) in [6.45, 7) is 1.21. The van der Waals surface area contributed by atoms with Crippen LogP contribution in [-0.4, -0.2) is 37.6 Å². The van der Waals surface area contributed by atoms with E-state index in [4.69, 9.17) is 0 Å². The number of rotatable bonds is 5. The van der Waals surface area contributed by atoms with Gasteiger partial charge in [0.2, 0.25) is 10.0 Å². The molecule has 2 amide bonds. The average molecular weight is 452 g/mol. The summed E-state index contributed by atoms with van der Waals surface area (Å²) in [4.78, 5) is 24.8. The molecule has 2 N–H and O–H groups in total. The summed E-state index contributed by atoms with van der Waals surface area (Å²) >= 11 is 0. The highest BCUT2D eigenvalue weighted by Gasteiger charge is 2.25. The van der Waals surface area contributed by atoms with Gasteiger partial charge in [-0.3, -0.25) is 9.59 Å². The van der Waals surface area contributed by atoms with Gasteiger partial charge in [0.15, 0.2) is 0 Å². The first kappa shape index (κ1) is 22.0. The van der Waals surface area contributed by atoms with Crippen LogP contribution in [0.5, 0.6) is 0 Å².